The van der Waals surface area contributed by atoms with Crippen molar-refractivity contribution in [2.24, 2.45) is 0 Å². The molecule has 3 rings (SSSR count). The van der Waals surface area contributed by atoms with Crippen LogP contribution in [0.5, 0.6) is 0 Å². The molecule has 1 unspecified atom stereocenters. The molecule has 1 saturated heterocycles. The summed E-state index contributed by atoms with van der Waals surface area (Å²) in [5.41, 5.74) is 1.35. The van der Waals surface area contributed by atoms with E-state index in [1.54, 1.807) is 0 Å². The van der Waals surface area contributed by atoms with Gasteiger partial charge >= 0.3 is 174 Å². The minimum atomic E-state index is 0.636. The summed E-state index contributed by atoms with van der Waals surface area (Å²) in [6, 6.07) is 11.3. The van der Waals surface area contributed by atoms with Crippen LogP contribution in [0.25, 0.3) is 10.8 Å². The van der Waals surface area contributed by atoms with Gasteiger partial charge in [0.25, 0.3) is 0 Å². The zero-order valence-corrected chi connectivity index (χ0v) is 23.3. The molecule has 1 aliphatic heterocycles. The molecule has 1 atom stereocenters. The molecule has 0 radical (unpaired) electrons. The average molecular weight is 469 g/mol. The summed E-state index contributed by atoms with van der Waals surface area (Å²) in [6.45, 7) is 10.2. The summed E-state index contributed by atoms with van der Waals surface area (Å²) in [5, 5.41) is 2.69. The van der Waals surface area contributed by atoms with Crippen LogP contribution in [-0.4, -0.2) is 67.0 Å². The van der Waals surface area contributed by atoms with Crippen molar-refractivity contribution in [2.75, 3.05) is 37.6 Å². The fraction of sp³-hybridized carbons (Fsp3) is 0.609. The zero-order chi connectivity index (χ0) is 19.1. The van der Waals surface area contributed by atoms with E-state index >= 15 is 0 Å². The molecule has 0 N–H and O–H groups in total. The van der Waals surface area contributed by atoms with E-state index < -0.39 is 0 Å². The topological polar surface area (TPSA) is 19.4 Å². The van der Waals surface area contributed by atoms with Crippen LogP contribution < -0.4 is 4.90 Å². The van der Waals surface area contributed by atoms with Gasteiger partial charge in [-0.05, 0) is 0 Å². The number of piperazine rings is 1. The van der Waals surface area contributed by atoms with Gasteiger partial charge in [-0.15, -0.1) is 0 Å². The van der Waals surface area contributed by atoms with Crippen molar-refractivity contribution >= 4 is 41.0 Å². The molecule has 0 aliphatic carbocycles. The van der Waals surface area contributed by atoms with Crippen molar-refractivity contribution in [3.05, 3.63) is 36.0 Å². The fourth-order valence-corrected chi connectivity index (χ4v) is 5.43. The summed E-state index contributed by atoms with van der Waals surface area (Å²) in [4.78, 5) is 10.4. The summed E-state index contributed by atoms with van der Waals surface area (Å²) in [5.74, 6) is 1.87. The summed E-state index contributed by atoms with van der Waals surface area (Å²) in [6.07, 6.45) is 6.60. The van der Waals surface area contributed by atoms with Crippen LogP contribution in [0.3, 0.4) is 0 Å². The molecule has 1 aromatic heterocycles. The number of nitrogens with zero attached hydrogens (tertiary/aromatic N) is 3. The molecule has 27 heavy (non-hydrogen) atoms. The molecule has 1 fully saturated rings. The van der Waals surface area contributed by atoms with Gasteiger partial charge in [-0.3, -0.25) is 0 Å². The molecule has 0 bridgehead atoms. The van der Waals surface area contributed by atoms with E-state index in [-0.39, 0.29) is 0 Å². The van der Waals surface area contributed by atoms with Crippen LogP contribution in [0, 0.1) is 0 Å². The Bertz CT molecular complexity index is 702. The van der Waals surface area contributed by atoms with Crippen LogP contribution in [0.2, 0.25) is 4.18 Å². The van der Waals surface area contributed by atoms with E-state index in [1.165, 1.54) is 58.6 Å². The summed E-state index contributed by atoms with van der Waals surface area (Å²) in [7, 11) is 0. The van der Waals surface area contributed by atoms with E-state index in [0.717, 1.165) is 57.1 Å². The zero-order valence-electron chi connectivity index (χ0n) is 17.6. The van der Waals surface area contributed by atoms with E-state index in [2.05, 4.69) is 54.0 Å². The Labute approximate surface area is 180 Å². The van der Waals surface area contributed by atoms with Crippen molar-refractivity contribution in [3.63, 3.8) is 0 Å². The molecule has 0 spiro atoms. The van der Waals surface area contributed by atoms with Gasteiger partial charge in [0, 0.05) is 0 Å². The van der Waals surface area contributed by atoms with Gasteiger partial charge in [-0.2, -0.15) is 0 Å². The first-order valence-corrected chi connectivity index (χ1v) is 15.2. The predicted octanol–water partition coefficient (Wildman–Crippen LogP) is 4.48. The van der Waals surface area contributed by atoms with Crippen LogP contribution in [0.1, 0.15) is 57.6 Å². The van der Waals surface area contributed by atoms with Crippen molar-refractivity contribution < 1.29 is 0 Å². The molecule has 3 nitrogen and oxygen atoms in total. The number of unbranched alkanes of at least 4 members (excludes halogenated alkanes) is 1. The number of likely N-dealkylation sites (N-methyl/N-ethyl adjacent to an activating group) is 1. The summed E-state index contributed by atoms with van der Waals surface area (Å²) < 4.78 is 1.48. The number of aromatic nitrogens is 1. The first-order chi connectivity index (χ1) is 13.3. The number of anilines is 1. The van der Waals surface area contributed by atoms with E-state index in [0.29, 0.717) is 5.92 Å². The number of rotatable bonds is 9. The number of hydrogen-bond acceptors (Lipinski definition) is 3. The second kappa shape index (κ2) is 10.7. The average Bonchev–Trinajstić information content (AvgIpc) is 2.73. The van der Waals surface area contributed by atoms with Crippen molar-refractivity contribution in [1.82, 2.24) is 9.88 Å². The molecule has 146 valence electrons. The predicted molar refractivity (Wildman–Crippen MR) is 121 cm³/mol. The minimum absolute atomic E-state index is 0.636. The Morgan fingerprint density at radius 2 is 1.78 bits per heavy atom. The molecule has 4 heteroatoms. The Morgan fingerprint density at radius 3 is 2.48 bits per heavy atom. The molecule has 0 amide bonds. The van der Waals surface area contributed by atoms with Gasteiger partial charge in [0.2, 0.25) is 0 Å². The third kappa shape index (κ3) is 5.41. The molecular formula is C23H36InN3. The molecular weight excluding hydrogens is 433 g/mol. The number of pyridine rings is 1. The van der Waals surface area contributed by atoms with Gasteiger partial charge in [-0.1, -0.05) is 6.92 Å². The second-order valence-electron chi connectivity index (χ2n) is 7.99. The van der Waals surface area contributed by atoms with Crippen molar-refractivity contribution in [1.29, 1.82) is 0 Å². The quantitative estimate of drug-likeness (QED) is 0.540. The molecule has 1 aliphatic rings. The summed E-state index contributed by atoms with van der Waals surface area (Å²) >= 11 is 0.817. The standard InChI is InChI=1S/C23H34N3.In.2H/c1-4-7-11-19(10-5-2)22-18-20-12-8-9-13-21(20)23(24-22)26-16-14-25(6-3)15-17-26;;;/h8-9,12-13,18-19H,2,4-7,10-11,14-17H2,1,3H3;;;. The van der Waals surface area contributed by atoms with Gasteiger partial charge in [-0.25, -0.2) is 0 Å². The van der Waals surface area contributed by atoms with E-state index in [4.69, 9.17) is 4.98 Å². The first kappa shape index (κ1) is 21.0. The maximum atomic E-state index is 5.31. The number of fused-ring (bicyclic) bond motifs is 1. The molecule has 2 aromatic rings. The number of hydrogen-bond donors (Lipinski definition) is 0. The van der Waals surface area contributed by atoms with E-state index in [9.17, 15) is 0 Å². The van der Waals surface area contributed by atoms with Crippen molar-refractivity contribution in [2.45, 2.75) is 56.0 Å². The maximum absolute atomic E-state index is 5.31. The van der Waals surface area contributed by atoms with Crippen LogP contribution in [0.4, 0.5) is 5.82 Å². The number of benzene rings is 1. The van der Waals surface area contributed by atoms with Gasteiger partial charge in [0.05, 0.1) is 0 Å². The Balaban J connectivity index is 1.94. The SMILES string of the molecule is CCCCC(CC[CH2][InH2])c1cc2ccccc2c(N2CCN(CC)CC2)n1. The Hall–Kier alpha value is -0.740. The van der Waals surface area contributed by atoms with Gasteiger partial charge in [0.1, 0.15) is 0 Å². The first-order valence-electron chi connectivity index (χ1n) is 11.1. The Morgan fingerprint density at radius 1 is 1.04 bits per heavy atom. The van der Waals surface area contributed by atoms with Crippen LogP contribution >= 0.6 is 0 Å². The molecule has 2 heterocycles. The van der Waals surface area contributed by atoms with E-state index in [1.807, 2.05) is 0 Å². The van der Waals surface area contributed by atoms with Gasteiger partial charge < -0.3 is 0 Å². The third-order valence-corrected chi connectivity index (χ3v) is 8.11. The second-order valence-corrected chi connectivity index (χ2v) is 10.8. The van der Waals surface area contributed by atoms with Gasteiger partial charge in [0.15, 0.2) is 0 Å². The normalized spacial score (nSPS) is 16.7. The molecule has 1 aromatic carbocycles. The van der Waals surface area contributed by atoms with Crippen LogP contribution in [0.15, 0.2) is 30.3 Å². The Kier molecular flexibility index (Phi) is 8.32. The monoisotopic (exact) mass is 469 g/mol. The molecule has 0 saturated carbocycles. The van der Waals surface area contributed by atoms with Crippen molar-refractivity contribution in [3.8, 4) is 0 Å². The van der Waals surface area contributed by atoms with Crippen LogP contribution in [-0.2, 0) is 0 Å². The third-order valence-electron chi connectivity index (χ3n) is 6.09. The fourth-order valence-electron chi connectivity index (χ4n) is 4.27.